The lowest BCUT2D eigenvalue weighted by atomic mass is 10.1. The van der Waals surface area contributed by atoms with Crippen LogP contribution in [0.3, 0.4) is 0 Å². The first-order valence-electron chi connectivity index (χ1n) is 8.23. The Kier molecular flexibility index (Phi) is 3.40. The van der Waals surface area contributed by atoms with Gasteiger partial charge in [-0.15, -0.1) is 0 Å². The number of nitrogens with one attached hydrogen (secondary N) is 1. The molecule has 1 fully saturated rings. The molecule has 1 amide bonds. The molecule has 0 aromatic carbocycles. The number of rotatable bonds is 4. The summed E-state index contributed by atoms with van der Waals surface area (Å²) >= 11 is 0. The van der Waals surface area contributed by atoms with E-state index in [1.54, 1.807) is 17.0 Å². The number of nitrogens with zero attached hydrogens (tertiary/aromatic N) is 3. The Bertz CT molecular complexity index is 907. The standard InChI is InChI=1S/C18H20N4O2/c1-10(12-6-7-12)19-18(23)13-9-14(15-5-4-8-24-15)20-17-16(13)11(2)21-22(17)3/h4-5,8-10,12H,6-7H2,1-3H3,(H,19,23)/t10-/m1/s1. The molecule has 6 nitrogen and oxygen atoms in total. The van der Waals surface area contributed by atoms with E-state index in [4.69, 9.17) is 4.42 Å². The van der Waals surface area contributed by atoms with Gasteiger partial charge in [-0.25, -0.2) is 4.98 Å². The summed E-state index contributed by atoms with van der Waals surface area (Å²) in [4.78, 5) is 17.5. The Morgan fingerprint density at radius 1 is 1.46 bits per heavy atom. The highest BCUT2D eigenvalue weighted by atomic mass is 16.3. The number of fused-ring (bicyclic) bond motifs is 1. The van der Waals surface area contributed by atoms with E-state index in [0.717, 1.165) is 11.1 Å². The smallest absolute Gasteiger partial charge is 0.252 e. The van der Waals surface area contributed by atoms with Gasteiger partial charge < -0.3 is 9.73 Å². The van der Waals surface area contributed by atoms with Crippen molar-refractivity contribution in [2.45, 2.75) is 32.7 Å². The normalized spacial score (nSPS) is 15.6. The zero-order chi connectivity index (χ0) is 16.8. The highest BCUT2D eigenvalue weighted by Gasteiger charge is 2.30. The molecular weight excluding hydrogens is 304 g/mol. The number of hydrogen-bond donors (Lipinski definition) is 1. The van der Waals surface area contributed by atoms with Crippen molar-refractivity contribution in [1.29, 1.82) is 0 Å². The number of furan rings is 1. The number of aromatic nitrogens is 3. The highest BCUT2D eigenvalue weighted by Crippen LogP contribution is 2.33. The summed E-state index contributed by atoms with van der Waals surface area (Å²) in [5.74, 6) is 1.16. The van der Waals surface area contributed by atoms with Gasteiger partial charge in [0, 0.05) is 13.1 Å². The molecule has 0 spiro atoms. The van der Waals surface area contributed by atoms with Crippen molar-refractivity contribution in [1.82, 2.24) is 20.1 Å². The summed E-state index contributed by atoms with van der Waals surface area (Å²) in [6, 6.07) is 5.63. The fraction of sp³-hybridized carbons (Fsp3) is 0.389. The SMILES string of the molecule is Cc1nn(C)c2nc(-c3ccco3)cc(C(=O)N[C@H](C)C3CC3)c12. The summed E-state index contributed by atoms with van der Waals surface area (Å²) < 4.78 is 7.16. The van der Waals surface area contributed by atoms with Crippen LogP contribution >= 0.6 is 0 Å². The number of aryl methyl sites for hydroxylation is 2. The highest BCUT2D eigenvalue weighted by molar-refractivity contribution is 6.07. The second-order valence-electron chi connectivity index (χ2n) is 6.54. The maximum absolute atomic E-state index is 12.9. The molecule has 1 atom stereocenters. The first kappa shape index (κ1) is 14.9. The molecule has 3 aromatic rings. The van der Waals surface area contributed by atoms with Crippen LogP contribution in [0, 0.1) is 12.8 Å². The van der Waals surface area contributed by atoms with E-state index in [1.807, 2.05) is 26.1 Å². The largest absolute Gasteiger partial charge is 0.463 e. The molecule has 6 heteroatoms. The lowest BCUT2D eigenvalue weighted by molar-refractivity contribution is 0.0937. The minimum atomic E-state index is -0.0780. The average Bonchev–Trinajstić information content (AvgIpc) is 3.19. The molecule has 1 N–H and O–H groups in total. The molecule has 0 saturated heterocycles. The molecule has 0 bridgehead atoms. The lowest BCUT2D eigenvalue weighted by Crippen LogP contribution is -2.34. The minimum Gasteiger partial charge on any atom is -0.463 e. The summed E-state index contributed by atoms with van der Waals surface area (Å²) in [6.07, 6.45) is 3.98. The molecule has 4 rings (SSSR count). The van der Waals surface area contributed by atoms with E-state index < -0.39 is 0 Å². The maximum atomic E-state index is 12.9. The summed E-state index contributed by atoms with van der Waals surface area (Å²) in [5.41, 5.74) is 2.73. The van der Waals surface area contributed by atoms with Crippen molar-refractivity contribution in [3.8, 4) is 11.5 Å². The van der Waals surface area contributed by atoms with Crippen molar-refractivity contribution in [2.24, 2.45) is 13.0 Å². The Hall–Kier alpha value is -2.63. The maximum Gasteiger partial charge on any atom is 0.252 e. The second-order valence-corrected chi connectivity index (χ2v) is 6.54. The van der Waals surface area contributed by atoms with E-state index in [0.29, 0.717) is 28.6 Å². The molecule has 3 heterocycles. The summed E-state index contributed by atoms with van der Waals surface area (Å²) in [6.45, 7) is 3.97. The second kappa shape index (κ2) is 5.47. The van der Waals surface area contributed by atoms with Crippen molar-refractivity contribution < 1.29 is 9.21 Å². The average molecular weight is 324 g/mol. The molecule has 0 aliphatic heterocycles. The molecular formula is C18H20N4O2. The quantitative estimate of drug-likeness (QED) is 0.800. The molecule has 124 valence electrons. The van der Waals surface area contributed by atoms with Crippen LogP contribution in [0.5, 0.6) is 0 Å². The Labute approximate surface area is 139 Å². The number of carbonyl (C=O) groups excluding carboxylic acids is 1. The van der Waals surface area contributed by atoms with E-state index in [9.17, 15) is 4.79 Å². The van der Waals surface area contributed by atoms with Gasteiger partial charge in [-0.2, -0.15) is 5.10 Å². The number of amides is 1. The van der Waals surface area contributed by atoms with Crippen LogP contribution in [0.15, 0.2) is 28.9 Å². The van der Waals surface area contributed by atoms with Crippen molar-refractivity contribution >= 4 is 16.9 Å². The van der Waals surface area contributed by atoms with Crippen LogP contribution in [0.2, 0.25) is 0 Å². The Balaban J connectivity index is 1.83. The van der Waals surface area contributed by atoms with Crippen molar-refractivity contribution in [2.75, 3.05) is 0 Å². The molecule has 1 aliphatic carbocycles. The third-order valence-corrected chi connectivity index (χ3v) is 4.67. The van der Waals surface area contributed by atoms with Gasteiger partial charge in [0.15, 0.2) is 11.4 Å². The number of hydrogen-bond acceptors (Lipinski definition) is 4. The molecule has 0 unspecified atom stereocenters. The first-order chi connectivity index (χ1) is 11.5. The third-order valence-electron chi connectivity index (χ3n) is 4.67. The van der Waals surface area contributed by atoms with Gasteiger partial charge in [0.1, 0.15) is 5.69 Å². The zero-order valence-electron chi connectivity index (χ0n) is 14.0. The van der Waals surface area contributed by atoms with Crippen LogP contribution in [-0.2, 0) is 7.05 Å². The predicted octanol–water partition coefficient (Wildman–Crippen LogP) is 3.07. The van der Waals surface area contributed by atoms with Crippen LogP contribution in [0.25, 0.3) is 22.5 Å². The molecule has 1 aliphatic rings. The monoisotopic (exact) mass is 324 g/mol. The van der Waals surface area contributed by atoms with Gasteiger partial charge in [0.25, 0.3) is 5.91 Å². The lowest BCUT2D eigenvalue weighted by Gasteiger charge is -2.14. The Morgan fingerprint density at radius 3 is 2.92 bits per heavy atom. The third kappa shape index (κ3) is 2.48. The molecule has 1 saturated carbocycles. The van der Waals surface area contributed by atoms with Gasteiger partial charge in [0.05, 0.1) is 22.9 Å². The van der Waals surface area contributed by atoms with Gasteiger partial charge in [-0.05, 0) is 50.8 Å². The first-order valence-corrected chi connectivity index (χ1v) is 8.23. The fourth-order valence-electron chi connectivity index (χ4n) is 3.17. The fourth-order valence-corrected chi connectivity index (χ4v) is 3.17. The van der Waals surface area contributed by atoms with Gasteiger partial charge in [-0.1, -0.05) is 0 Å². The van der Waals surface area contributed by atoms with Crippen LogP contribution in [0.4, 0.5) is 0 Å². The predicted molar refractivity (Wildman–Crippen MR) is 90.6 cm³/mol. The van der Waals surface area contributed by atoms with Crippen molar-refractivity contribution in [3.63, 3.8) is 0 Å². The zero-order valence-corrected chi connectivity index (χ0v) is 14.0. The number of carbonyl (C=O) groups is 1. The van der Waals surface area contributed by atoms with Crippen LogP contribution in [0.1, 0.15) is 35.8 Å². The molecule has 3 aromatic heterocycles. The van der Waals surface area contributed by atoms with Gasteiger partial charge in [0.2, 0.25) is 0 Å². The minimum absolute atomic E-state index is 0.0780. The van der Waals surface area contributed by atoms with Crippen LogP contribution < -0.4 is 5.32 Å². The van der Waals surface area contributed by atoms with E-state index in [1.165, 1.54) is 12.8 Å². The Morgan fingerprint density at radius 2 is 2.25 bits per heavy atom. The topological polar surface area (TPSA) is 73.0 Å². The molecule has 24 heavy (non-hydrogen) atoms. The van der Waals surface area contributed by atoms with Crippen molar-refractivity contribution in [3.05, 3.63) is 35.7 Å². The number of pyridine rings is 1. The van der Waals surface area contributed by atoms with E-state index in [2.05, 4.69) is 22.3 Å². The summed E-state index contributed by atoms with van der Waals surface area (Å²) in [5, 5.41) is 8.35. The van der Waals surface area contributed by atoms with E-state index >= 15 is 0 Å². The van der Waals surface area contributed by atoms with Gasteiger partial charge >= 0.3 is 0 Å². The molecule has 0 radical (unpaired) electrons. The van der Waals surface area contributed by atoms with Gasteiger partial charge in [-0.3, -0.25) is 9.48 Å². The van der Waals surface area contributed by atoms with E-state index in [-0.39, 0.29) is 11.9 Å². The van der Waals surface area contributed by atoms with Crippen LogP contribution in [-0.4, -0.2) is 26.7 Å². The summed E-state index contributed by atoms with van der Waals surface area (Å²) in [7, 11) is 1.84.